The van der Waals surface area contributed by atoms with Crippen molar-refractivity contribution in [3.63, 3.8) is 0 Å². The molecule has 0 saturated heterocycles. The molecule has 1 unspecified atom stereocenters. The number of hydrogen-bond donors (Lipinski definition) is 1. The summed E-state index contributed by atoms with van der Waals surface area (Å²) in [7, 11) is 1.90. The SMILES string of the molecule is C=CCC(C1CCC(C(=O)Nc2ccncc2)CC1)N(C)Cl. The van der Waals surface area contributed by atoms with Crippen molar-refractivity contribution >= 4 is 23.4 Å². The van der Waals surface area contributed by atoms with Gasteiger partial charge in [0.2, 0.25) is 5.91 Å². The van der Waals surface area contributed by atoms with Crippen molar-refractivity contribution in [3.05, 3.63) is 37.2 Å². The average molecular weight is 322 g/mol. The van der Waals surface area contributed by atoms with E-state index in [1.54, 1.807) is 16.8 Å². The van der Waals surface area contributed by atoms with Crippen LogP contribution in [0.1, 0.15) is 32.1 Å². The summed E-state index contributed by atoms with van der Waals surface area (Å²) in [5.41, 5.74) is 0.812. The first-order valence-corrected chi connectivity index (χ1v) is 8.16. The van der Waals surface area contributed by atoms with Crippen LogP contribution in [-0.4, -0.2) is 28.4 Å². The molecular formula is C17H24ClN3O. The van der Waals surface area contributed by atoms with Crippen LogP contribution in [-0.2, 0) is 4.79 Å². The summed E-state index contributed by atoms with van der Waals surface area (Å²) in [6.07, 6.45) is 10.1. The maximum atomic E-state index is 12.3. The van der Waals surface area contributed by atoms with Crippen molar-refractivity contribution in [1.29, 1.82) is 0 Å². The Labute approximate surface area is 137 Å². The maximum absolute atomic E-state index is 12.3. The number of nitrogens with one attached hydrogen (secondary N) is 1. The molecule has 1 heterocycles. The number of amides is 1. The molecule has 1 aliphatic carbocycles. The molecule has 1 amide bonds. The van der Waals surface area contributed by atoms with Gasteiger partial charge in [0.1, 0.15) is 0 Å². The van der Waals surface area contributed by atoms with Crippen LogP contribution in [0.5, 0.6) is 0 Å². The number of carbonyl (C=O) groups excluding carboxylic acids is 1. The fraction of sp³-hybridized carbons (Fsp3) is 0.529. The summed E-state index contributed by atoms with van der Waals surface area (Å²) in [6, 6.07) is 3.93. The third-order valence-corrected chi connectivity index (χ3v) is 4.75. The Hall–Kier alpha value is -1.39. The monoisotopic (exact) mass is 321 g/mol. The standard InChI is InChI=1S/C17H24ClN3O/c1-3-4-16(21(2)18)13-5-7-14(8-6-13)17(22)20-15-9-11-19-12-10-15/h3,9-14,16H,1,4-8H2,2H3,(H,19,20,22). The van der Waals surface area contributed by atoms with E-state index in [0.29, 0.717) is 12.0 Å². The fourth-order valence-corrected chi connectivity index (χ4v) is 3.48. The molecule has 0 aromatic carbocycles. The van der Waals surface area contributed by atoms with Gasteiger partial charge in [-0.05, 0) is 61.9 Å². The molecule has 1 aromatic rings. The van der Waals surface area contributed by atoms with Crippen molar-refractivity contribution in [2.45, 2.75) is 38.1 Å². The van der Waals surface area contributed by atoms with Crippen molar-refractivity contribution < 1.29 is 4.79 Å². The molecule has 2 rings (SSSR count). The zero-order valence-corrected chi connectivity index (χ0v) is 13.8. The summed E-state index contributed by atoms with van der Waals surface area (Å²) < 4.78 is 1.77. The van der Waals surface area contributed by atoms with Gasteiger partial charge in [0.15, 0.2) is 0 Å². The Kier molecular flexibility index (Phi) is 6.40. The molecule has 1 N–H and O–H groups in total. The third kappa shape index (κ3) is 4.55. The largest absolute Gasteiger partial charge is 0.326 e. The molecular weight excluding hydrogens is 298 g/mol. The molecule has 0 spiro atoms. The number of hydrogen-bond acceptors (Lipinski definition) is 3. The molecule has 5 heteroatoms. The lowest BCUT2D eigenvalue weighted by Gasteiger charge is -2.35. The van der Waals surface area contributed by atoms with Crippen LogP contribution >= 0.6 is 11.8 Å². The summed E-state index contributed by atoms with van der Waals surface area (Å²) in [4.78, 5) is 16.3. The number of anilines is 1. The number of pyridine rings is 1. The van der Waals surface area contributed by atoms with Gasteiger partial charge in [0.05, 0.1) is 0 Å². The first-order chi connectivity index (χ1) is 10.6. The topological polar surface area (TPSA) is 45.2 Å². The Morgan fingerprint density at radius 2 is 2.09 bits per heavy atom. The van der Waals surface area contributed by atoms with Crippen LogP contribution in [0.15, 0.2) is 37.2 Å². The highest BCUT2D eigenvalue weighted by Gasteiger charge is 2.31. The van der Waals surface area contributed by atoms with E-state index < -0.39 is 0 Å². The molecule has 1 aliphatic rings. The number of nitrogens with zero attached hydrogens (tertiary/aromatic N) is 2. The second-order valence-electron chi connectivity index (χ2n) is 5.95. The van der Waals surface area contributed by atoms with Crippen molar-refractivity contribution in [2.24, 2.45) is 11.8 Å². The van der Waals surface area contributed by atoms with Gasteiger partial charge < -0.3 is 5.32 Å². The van der Waals surface area contributed by atoms with Gasteiger partial charge in [0, 0.05) is 37.1 Å². The molecule has 0 radical (unpaired) electrons. The van der Waals surface area contributed by atoms with Crippen molar-refractivity contribution in [2.75, 3.05) is 12.4 Å². The van der Waals surface area contributed by atoms with Crippen LogP contribution in [0.3, 0.4) is 0 Å². The van der Waals surface area contributed by atoms with Gasteiger partial charge in [-0.2, -0.15) is 0 Å². The lowest BCUT2D eigenvalue weighted by Crippen LogP contribution is -2.36. The van der Waals surface area contributed by atoms with E-state index in [9.17, 15) is 4.79 Å². The van der Waals surface area contributed by atoms with E-state index in [2.05, 4.69) is 16.9 Å². The first-order valence-electron chi connectivity index (χ1n) is 7.82. The van der Waals surface area contributed by atoms with Gasteiger partial charge in [0.25, 0.3) is 0 Å². The Morgan fingerprint density at radius 1 is 1.45 bits per heavy atom. The highest BCUT2D eigenvalue weighted by atomic mass is 35.5. The smallest absolute Gasteiger partial charge is 0.227 e. The van der Waals surface area contributed by atoms with Crippen LogP contribution < -0.4 is 5.32 Å². The molecule has 120 valence electrons. The van der Waals surface area contributed by atoms with Crippen LogP contribution in [0, 0.1) is 11.8 Å². The molecule has 4 nitrogen and oxygen atoms in total. The summed E-state index contributed by atoms with van der Waals surface area (Å²) in [5.74, 6) is 0.740. The second-order valence-corrected chi connectivity index (χ2v) is 6.49. The van der Waals surface area contributed by atoms with Gasteiger partial charge in [-0.3, -0.25) is 9.78 Å². The molecule has 1 atom stereocenters. The summed E-state index contributed by atoms with van der Waals surface area (Å²) in [6.45, 7) is 3.81. The molecule has 1 fully saturated rings. The average Bonchev–Trinajstić information content (AvgIpc) is 2.53. The molecule has 1 aromatic heterocycles. The van der Waals surface area contributed by atoms with E-state index in [1.165, 1.54) is 0 Å². The third-order valence-electron chi connectivity index (χ3n) is 4.50. The van der Waals surface area contributed by atoms with Gasteiger partial charge in [-0.1, -0.05) is 6.08 Å². The normalized spacial score (nSPS) is 23.0. The van der Waals surface area contributed by atoms with Crippen LogP contribution in [0.25, 0.3) is 0 Å². The Bertz CT molecular complexity index is 484. The van der Waals surface area contributed by atoms with Gasteiger partial charge >= 0.3 is 0 Å². The predicted molar refractivity (Wildman–Crippen MR) is 90.5 cm³/mol. The van der Waals surface area contributed by atoms with Crippen molar-refractivity contribution in [3.8, 4) is 0 Å². The highest BCUT2D eigenvalue weighted by molar-refractivity contribution is 6.13. The molecule has 0 bridgehead atoms. The van der Waals surface area contributed by atoms with E-state index in [-0.39, 0.29) is 11.8 Å². The van der Waals surface area contributed by atoms with Crippen LogP contribution in [0.2, 0.25) is 0 Å². The number of rotatable bonds is 6. The van der Waals surface area contributed by atoms with Crippen molar-refractivity contribution in [1.82, 2.24) is 9.40 Å². The van der Waals surface area contributed by atoms with E-state index in [0.717, 1.165) is 37.8 Å². The molecule has 0 aliphatic heterocycles. The second kappa shape index (κ2) is 8.30. The zero-order chi connectivity index (χ0) is 15.9. The predicted octanol–water partition coefficient (Wildman–Crippen LogP) is 3.86. The Morgan fingerprint density at radius 3 is 2.64 bits per heavy atom. The lowest BCUT2D eigenvalue weighted by molar-refractivity contribution is -0.121. The maximum Gasteiger partial charge on any atom is 0.227 e. The first kappa shape index (κ1) is 17.0. The minimum Gasteiger partial charge on any atom is -0.326 e. The molecule has 1 saturated carbocycles. The minimum atomic E-state index is 0.0921. The van der Waals surface area contributed by atoms with E-state index in [4.69, 9.17) is 11.8 Å². The van der Waals surface area contributed by atoms with E-state index >= 15 is 0 Å². The van der Waals surface area contributed by atoms with E-state index in [1.807, 2.05) is 25.3 Å². The minimum absolute atomic E-state index is 0.0921. The summed E-state index contributed by atoms with van der Waals surface area (Å²) in [5, 5.41) is 2.97. The fourth-order valence-electron chi connectivity index (χ4n) is 3.24. The lowest BCUT2D eigenvalue weighted by atomic mass is 9.77. The molecule has 22 heavy (non-hydrogen) atoms. The van der Waals surface area contributed by atoms with Gasteiger partial charge in [-0.15, -0.1) is 6.58 Å². The zero-order valence-electron chi connectivity index (χ0n) is 13.0. The summed E-state index contributed by atoms with van der Waals surface area (Å²) >= 11 is 6.16. The highest BCUT2D eigenvalue weighted by Crippen LogP contribution is 2.34. The number of halogens is 1. The van der Waals surface area contributed by atoms with Gasteiger partial charge in [-0.25, -0.2) is 4.42 Å². The number of aromatic nitrogens is 1. The van der Waals surface area contributed by atoms with Crippen LogP contribution in [0.4, 0.5) is 5.69 Å². The number of carbonyl (C=O) groups is 1. The Balaban J connectivity index is 1.86. The quantitative estimate of drug-likeness (QED) is 0.639.